The summed E-state index contributed by atoms with van der Waals surface area (Å²) in [5.41, 5.74) is 6.21. The van der Waals surface area contributed by atoms with Crippen molar-refractivity contribution >= 4 is 55.0 Å². The number of hydrogen-bond donors (Lipinski definition) is 0. The van der Waals surface area contributed by atoms with E-state index >= 15 is 0 Å². The van der Waals surface area contributed by atoms with E-state index in [2.05, 4.69) is 56.1 Å². The number of hydrogen-bond acceptors (Lipinski definition) is 5. The first-order chi connectivity index (χ1) is 18.0. The van der Waals surface area contributed by atoms with Crippen LogP contribution in [0.1, 0.15) is 34.7 Å². The van der Waals surface area contributed by atoms with E-state index in [0.717, 1.165) is 55.5 Å². The molecule has 0 N–H and O–H groups in total. The van der Waals surface area contributed by atoms with Crippen LogP contribution >= 0.6 is 43.2 Å². The van der Waals surface area contributed by atoms with Crippen molar-refractivity contribution in [3.63, 3.8) is 0 Å². The molecule has 2 aliphatic rings. The summed E-state index contributed by atoms with van der Waals surface area (Å²) in [6, 6.07) is 19.9. The first-order valence-corrected chi connectivity index (χ1v) is 14.2. The van der Waals surface area contributed by atoms with Crippen LogP contribution in [0.25, 0.3) is 11.8 Å². The number of ether oxygens (including phenoxy) is 2. The summed E-state index contributed by atoms with van der Waals surface area (Å²) in [6.07, 6.45) is 3.62. The molecule has 1 atom stereocenters. The van der Waals surface area contributed by atoms with E-state index in [1.54, 1.807) is 14.2 Å². The molecule has 0 saturated heterocycles. The SMILES string of the molecule is COc1ccccc1[C@H]1C2=C(N=c3s/c(=C\c4cc(Br)cc(Br)c4OC)c(=O)n31)c1ccccc1CC2. The third kappa shape index (κ3) is 4.11. The molecule has 0 spiro atoms. The molecule has 0 fully saturated rings. The number of allylic oxidation sites excluding steroid dienone is 1. The van der Waals surface area contributed by atoms with Gasteiger partial charge in [0.05, 0.1) is 35.0 Å². The smallest absolute Gasteiger partial charge is 0.271 e. The van der Waals surface area contributed by atoms with Gasteiger partial charge in [-0.15, -0.1) is 0 Å². The fourth-order valence-electron chi connectivity index (χ4n) is 5.24. The first-order valence-electron chi connectivity index (χ1n) is 11.8. The van der Waals surface area contributed by atoms with Gasteiger partial charge < -0.3 is 9.47 Å². The molecule has 1 aliphatic carbocycles. The number of nitrogens with zero attached hydrogens (tertiary/aromatic N) is 2. The number of halogens is 2. The second-order valence-corrected chi connectivity index (χ2v) is 11.6. The Hall–Kier alpha value is -2.94. The van der Waals surface area contributed by atoms with Crippen LogP contribution in [0.5, 0.6) is 11.5 Å². The van der Waals surface area contributed by atoms with Gasteiger partial charge in [0.15, 0.2) is 4.80 Å². The molecule has 4 aromatic rings. The normalized spacial score (nSPS) is 16.5. The average molecular weight is 638 g/mol. The molecule has 1 aliphatic heterocycles. The largest absolute Gasteiger partial charge is 0.496 e. The van der Waals surface area contributed by atoms with Gasteiger partial charge in [0.2, 0.25) is 0 Å². The predicted molar refractivity (Wildman–Crippen MR) is 154 cm³/mol. The van der Waals surface area contributed by atoms with Crippen LogP contribution in [-0.2, 0) is 6.42 Å². The van der Waals surface area contributed by atoms with Crippen molar-refractivity contribution in [3.8, 4) is 11.5 Å². The van der Waals surface area contributed by atoms with E-state index in [-0.39, 0.29) is 11.6 Å². The minimum Gasteiger partial charge on any atom is -0.496 e. The molecule has 6 rings (SSSR count). The van der Waals surface area contributed by atoms with Crippen LogP contribution in [0.15, 0.2) is 85.0 Å². The lowest BCUT2D eigenvalue weighted by Gasteiger charge is -2.31. The van der Waals surface area contributed by atoms with Gasteiger partial charge in [0.25, 0.3) is 5.56 Å². The zero-order valence-corrected chi connectivity index (χ0v) is 24.1. The van der Waals surface area contributed by atoms with Gasteiger partial charge in [0, 0.05) is 21.2 Å². The zero-order chi connectivity index (χ0) is 25.7. The van der Waals surface area contributed by atoms with Gasteiger partial charge in [-0.25, -0.2) is 4.99 Å². The molecule has 186 valence electrons. The fourth-order valence-corrected chi connectivity index (χ4v) is 7.65. The van der Waals surface area contributed by atoms with Gasteiger partial charge in [-0.2, -0.15) is 0 Å². The molecule has 0 saturated carbocycles. The lowest BCUT2D eigenvalue weighted by Crippen LogP contribution is -2.39. The van der Waals surface area contributed by atoms with Crippen molar-refractivity contribution in [1.82, 2.24) is 4.57 Å². The first kappa shape index (κ1) is 24.4. The number of rotatable bonds is 4. The van der Waals surface area contributed by atoms with Crippen molar-refractivity contribution in [2.45, 2.75) is 18.9 Å². The maximum atomic E-state index is 14.0. The second kappa shape index (κ2) is 9.74. The Kier molecular flexibility index (Phi) is 6.42. The Bertz CT molecular complexity index is 1770. The Labute approximate surface area is 234 Å². The number of para-hydroxylation sites is 1. The molecular weight excluding hydrogens is 616 g/mol. The van der Waals surface area contributed by atoms with E-state index in [9.17, 15) is 4.79 Å². The number of benzene rings is 3. The Morgan fingerprint density at radius 2 is 1.81 bits per heavy atom. The van der Waals surface area contributed by atoms with Gasteiger partial charge in [-0.1, -0.05) is 69.7 Å². The van der Waals surface area contributed by atoms with Gasteiger partial charge in [0.1, 0.15) is 11.5 Å². The predicted octanol–water partition coefficient (Wildman–Crippen LogP) is 5.86. The van der Waals surface area contributed by atoms with Crippen LogP contribution in [0.4, 0.5) is 0 Å². The lowest BCUT2D eigenvalue weighted by molar-refractivity contribution is 0.402. The topological polar surface area (TPSA) is 52.8 Å². The van der Waals surface area contributed by atoms with Crippen molar-refractivity contribution in [1.29, 1.82) is 0 Å². The van der Waals surface area contributed by atoms with Crippen LogP contribution in [0, 0.1) is 0 Å². The average Bonchev–Trinajstić information content (AvgIpc) is 3.21. The van der Waals surface area contributed by atoms with Crippen molar-refractivity contribution in [3.05, 3.63) is 117 Å². The molecule has 3 aromatic carbocycles. The minimum absolute atomic E-state index is 0.0804. The molecular formula is C29H22Br2N2O3S. The monoisotopic (exact) mass is 636 g/mol. The number of aryl methyl sites for hydroxylation is 1. The van der Waals surface area contributed by atoms with E-state index in [4.69, 9.17) is 14.5 Å². The summed E-state index contributed by atoms with van der Waals surface area (Å²) in [5, 5.41) is 0. The van der Waals surface area contributed by atoms with Gasteiger partial charge in [-0.3, -0.25) is 9.36 Å². The molecule has 2 heterocycles. The highest BCUT2D eigenvalue weighted by Gasteiger charge is 2.34. The molecule has 0 amide bonds. The summed E-state index contributed by atoms with van der Waals surface area (Å²) in [5.74, 6) is 1.43. The van der Waals surface area contributed by atoms with E-state index < -0.39 is 0 Å². The van der Waals surface area contributed by atoms with Crippen LogP contribution in [0.3, 0.4) is 0 Å². The fraction of sp³-hybridized carbons (Fsp3) is 0.172. The maximum Gasteiger partial charge on any atom is 0.271 e. The highest BCUT2D eigenvalue weighted by Crippen LogP contribution is 2.43. The molecule has 0 bridgehead atoms. The van der Waals surface area contributed by atoms with Gasteiger partial charge >= 0.3 is 0 Å². The van der Waals surface area contributed by atoms with E-state index in [0.29, 0.717) is 15.1 Å². The third-order valence-electron chi connectivity index (χ3n) is 6.83. The summed E-state index contributed by atoms with van der Waals surface area (Å²) in [7, 11) is 3.30. The number of fused-ring (bicyclic) bond motifs is 3. The molecule has 0 unspecified atom stereocenters. The highest BCUT2D eigenvalue weighted by molar-refractivity contribution is 9.11. The molecule has 5 nitrogen and oxygen atoms in total. The molecule has 37 heavy (non-hydrogen) atoms. The van der Waals surface area contributed by atoms with Crippen LogP contribution < -0.4 is 24.4 Å². The zero-order valence-electron chi connectivity index (χ0n) is 20.1. The molecule has 1 aromatic heterocycles. The Morgan fingerprint density at radius 1 is 1.03 bits per heavy atom. The summed E-state index contributed by atoms with van der Waals surface area (Å²) in [6.45, 7) is 0. The Balaban J connectivity index is 1.66. The summed E-state index contributed by atoms with van der Waals surface area (Å²) < 4.78 is 15.5. The summed E-state index contributed by atoms with van der Waals surface area (Å²) in [4.78, 5) is 19.8. The highest BCUT2D eigenvalue weighted by atomic mass is 79.9. The third-order valence-corrected chi connectivity index (χ3v) is 8.86. The van der Waals surface area contributed by atoms with Crippen molar-refractivity contribution in [2.24, 2.45) is 4.99 Å². The lowest BCUT2D eigenvalue weighted by atomic mass is 9.83. The maximum absolute atomic E-state index is 14.0. The minimum atomic E-state index is -0.297. The van der Waals surface area contributed by atoms with E-state index in [1.807, 2.05) is 47.0 Å². The second-order valence-electron chi connectivity index (χ2n) is 8.87. The van der Waals surface area contributed by atoms with Crippen molar-refractivity contribution < 1.29 is 9.47 Å². The molecule has 8 heteroatoms. The van der Waals surface area contributed by atoms with E-state index in [1.165, 1.54) is 16.9 Å². The number of thiazole rings is 1. The number of methoxy groups -OCH3 is 2. The van der Waals surface area contributed by atoms with Crippen LogP contribution in [-0.4, -0.2) is 18.8 Å². The Morgan fingerprint density at radius 3 is 2.62 bits per heavy atom. The standard InChI is InChI=1S/C29H22Br2N2O3S/c1-35-23-10-6-5-9-20(23)26-21-12-11-16-7-3-4-8-19(16)25(21)32-29-33(26)28(34)24(37-29)14-17-13-18(30)15-22(31)27(17)36-2/h3-10,13-15,26H,11-12H2,1-2H3/b24-14-/t26-/m0/s1. The quantitative estimate of drug-likeness (QED) is 0.282. The van der Waals surface area contributed by atoms with Crippen molar-refractivity contribution in [2.75, 3.05) is 14.2 Å². The van der Waals surface area contributed by atoms with Gasteiger partial charge in [-0.05, 0) is 64.2 Å². The van der Waals surface area contributed by atoms with Crippen LogP contribution in [0.2, 0.25) is 0 Å². The summed E-state index contributed by atoms with van der Waals surface area (Å²) >= 11 is 8.52. The molecule has 0 radical (unpaired) electrons. The number of aromatic nitrogens is 1.